The molecule has 2 atom stereocenters. The van der Waals surface area contributed by atoms with Crippen molar-refractivity contribution in [2.24, 2.45) is 5.73 Å². The molecule has 2 rings (SSSR count). The number of hydrogen-bond donors (Lipinski definition) is 3. The lowest BCUT2D eigenvalue weighted by atomic mass is 9.88. The van der Waals surface area contributed by atoms with Gasteiger partial charge in [0.2, 0.25) is 5.91 Å². The zero-order chi connectivity index (χ0) is 19.1. The third-order valence-corrected chi connectivity index (χ3v) is 5.25. The first-order valence-electron chi connectivity index (χ1n) is 8.31. The van der Waals surface area contributed by atoms with Gasteiger partial charge in [-0.3, -0.25) is 10.1 Å². The Balaban J connectivity index is 2.23. The summed E-state index contributed by atoms with van der Waals surface area (Å²) in [6, 6.07) is 8.70. The molecular formula is C18H22N4O3S. The monoisotopic (exact) mass is 374 g/mol. The molecule has 1 aliphatic rings. The maximum absolute atomic E-state index is 12.7. The molecule has 0 saturated heterocycles. The molecule has 3 amide bonds. The smallest absolute Gasteiger partial charge is 0.321 e. The van der Waals surface area contributed by atoms with E-state index in [-0.39, 0.29) is 5.03 Å². The number of thioether (sulfide) groups is 1. The van der Waals surface area contributed by atoms with E-state index in [1.807, 2.05) is 6.92 Å². The lowest BCUT2D eigenvalue weighted by Crippen LogP contribution is -2.44. The van der Waals surface area contributed by atoms with Gasteiger partial charge < -0.3 is 15.8 Å². The number of nitrogens with zero attached hydrogens (tertiary/aromatic N) is 1. The molecule has 0 bridgehead atoms. The third-order valence-electron chi connectivity index (χ3n) is 4.04. The fourth-order valence-electron chi connectivity index (χ4n) is 2.75. The maximum Gasteiger partial charge on any atom is 0.321 e. The Morgan fingerprint density at radius 1 is 1.38 bits per heavy atom. The van der Waals surface area contributed by atoms with Crippen molar-refractivity contribution in [3.05, 3.63) is 40.4 Å². The van der Waals surface area contributed by atoms with E-state index in [2.05, 4.69) is 16.7 Å². The molecule has 0 fully saturated rings. The molecule has 26 heavy (non-hydrogen) atoms. The maximum atomic E-state index is 12.7. The van der Waals surface area contributed by atoms with Crippen LogP contribution in [0.5, 0.6) is 5.75 Å². The van der Waals surface area contributed by atoms with Crippen molar-refractivity contribution in [1.29, 1.82) is 5.26 Å². The van der Waals surface area contributed by atoms with Crippen LogP contribution in [0.25, 0.3) is 0 Å². The van der Waals surface area contributed by atoms with E-state index in [0.29, 0.717) is 23.4 Å². The number of urea groups is 1. The number of carbonyl (C=O) groups is 2. The number of carbonyl (C=O) groups excluding carboxylic acids is 2. The average molecular weight is 374 g/mol. The van der Waals surface area contributed by atoms with Crippen molar-refractivity contribution in [2.75, 3.05) is 13.7 Å². The van der Waals surface area contributed by atoms with Gasteiger partial charge in [0.15, 0.2) is 0 Å². The zero-order valence-electron chi connectivity index (χ0n) is 14.7. The summed E-state index contributed by atoms with van der Waals surface area (Å²) in [6.07, 6.45) is 1.77. The first-order chi connectivity index (χ1) is 12.5. The molecule has 0 radical (unpaired) electrons. The molecule has 7 nitrogen and oxygen atoms in total. The Morgan fingerprint density at radius 2 is 2.12 bits per heavy atom. The van der Waals surface area contributed by atoms with Gasteiger partial charge in [-0.2, -0.15) is 5.26 Å². The van der Waals surface area contributed by atoms with Crippen LogP contribution in [0, 0.1) is 11.3 Å². The number of nitriles is 1. The Labute approximate surface area is 157 Å². The van der Waals surface area contributed by atoms with Crippen LogP contribution in [0.15, 0.2) is 34.9 Å². The number of allylic oxidation sites excluding steroid dienone is 1. The summed E-state index contributed by atoms with van der Waals surface area (Å²) in [5, 5.41) is 14.0. The Kier molecular flexibility index (Phi) is 6.92. The van der Waals surface area contributed by atoms with Crippen LogP contribution in [0.3, 0.4) is 0 Å². The van der Waals surface area contributed by atoms with Crippen LogP contribution in [0.2, 0.25) is 0 Å². The highest BCUT2D eigenvalue weighted by atomic mass is 32.2. The zero-order valence-corrected chi connectivity index (χ0v) is 15.6. The van der Waals surface area contributed by atoms with Crippen molar-refractivity contribution in [3.8, 4) is 11.8 Å². The van der Waals surface area contributed by atoms with Gasteiger partial charge >= 0.3 is 6.03 Å². The largest absolute Gasteiger partial charge is 0.496 e. The number of hydrogen-bond acceptors (Lipinski definition) is 6. The Hall–Kier alpha value is -2.66. The van der Waals surface area contributed by atoms with Gasteiger partial charge in [0.1, 0.15) is 11.0 Å². The van der Waals surface area contributed by atoms with E-state index in [4.69, 9.17) is 10.5 Å². The van der Waals surface area contributed by atoms with E-state index < -0.39 is 23.1 Å². The number of nitrogens with two attached hydrogens (primary N) is 1. The number of para-hydroxylation sites is 1. The van der Waals surface area contributed by atoms with Gasteiger partial charge in [-0.25, -0.2) is 4.79 Å². The lowest BCUT2D eigenvalue weighted by molar-refractivity contribution is -0.119. The number of ether oxygens (including phenoxy) is 1. The summed E-state index contributed by atoms with van der Waals surface area (Å²) in [5.74, 6) is -0.511. The summed E-state index contributed by atoms with van der Waals surface area (Å²) in [4.78, 5) is 24.6. The number of rotatable bonds is 6. The fourth-order valence-corrected chi connectivity index (χ4v) is 3.91. The van der Waals surface area contributed by atoms with Gasteiger partial charge in [0.05, 0.1) is 23.8 Å². The molecule has 4 N–H and O–H groups in total. The molecule has 0 aromatic heterocycles. The fraction of sp³-hybridized carbons (Fsp3) is 0.389. The van der Waals surface area contributed by atoms with Crippen LogP contribution in [0.1, 0.15) is 31.2 Å². The summed E-state index contributed by atoms with van der Waals surface area (Å²) < 4.78 is 5.37. The van der Waals surface area contributed by atoms with Crippen molar-refractivity contribution in [2.45, 2.75) is 30.9 Å². The highest BCUT2D eigenvalue weighted by Gasteiger charge is 2.42. The topological polar surface area (TPSA) is 117 Å². The molecule has 1 heterocycles. The van der Waals surface area contributed by atoms with E-state index in [1.54, 1.807) is 24.3 Å². The summed E-state index contributed by atoms with van der Waals surface area (Å²) >= 11 is 1.09. The van der Waals surface area contributed by atoms with Gasteiger partial charge in [0.25, 0.3) is 0 Å². The highest BCUT2D eigenvalue weighted by molar-refractivity contribution is 8.04. The molecule has 0 aliphatic carbocycles. The SMILES string of the molecule is CCCCNC(=O)NC(=O)C1SC(N)=C(C#N)C1c1ccccc1OC. The first-order valence-corrected chi connectivity index (χ1v) is 9.19. The standard InChI is InChI=1S/C18H22N4O3S/c1-3-4-9-21-18(24)22-17(23)15-14(12(10-19)16(20)26-15)11-7-5-6-8-13(11)25-2/h5-8,14-15H,3-4,9,20H2,1-2H3,(H2,21,22,23,24). The van der Waals surface area contributed by atoms with Gasteiger partial charge in [-0.1, -0.05) is 43.3 Å². The minimum atomic E-state index is -0.724. The van der Waals surface area contributed by atoms with Crippen LogP contribution in [-0.2, 0) is 4.79 Å². The molecular weight excluding hydrogens is 352 g/mol. The Bertz CT molecular complexity index is 757. The van der Waals surface area contributed by atoms with E-state index in [0.717, 1.165) is 24.6 Å². The number of amides is 3. The number of imide groups is 1. The first kappa shape index (κ1) is 19.7. The van der Waals surface area contributed by atoms with Crippen molar-refractivity contribution < 1.29 is 14.3 Å². The van der Waals surface area contributed by atoms with Crippen molar-refractivity contribution in [3.63, 3.8) is 0 Å². The number of unbranched alkanes of at least 4 members (excludes halogenated alkanes) is 1. The quantitative estimate of drug-likeness (QED) is 0.657. The van der Waals surface area contributed by atoms with E-state index in [9.17, 15) is 14.9 Å². The molecule has 1 aromatic carbocycles. The second-order valence-corrected chi connectivity index (χ2v) is 6.93. The van der Waals surface area contributed by atoms with Crippen LogP contribution in [-0.4, -0.2) is 30.8 Å². The predicted molar refractivity (Wildman–Crippen MR) is 100 cm³/mol. The summed E-state index contributed by atoms with van der Waals surface area (Å²) in [6.45, 7) is 2.50. The normalized spacial score (nSPS) is 19.0. The van der Waals surface area contributed by atoms with Crippen molar-refractivity contribution >= 4 is 23.7 Å². The predicted octanol–water partition coefficient (Wildman–Crippen LogP) is 2.21. The molecule has 0 spiro atoms. The number of methoxy groups -OCH3 is 1. The van der Waals surface area contributed by atoms with E-state index >= 15 is 0 Å². The van der Waals surface area contributed by atoms with Crippen LogP contribution >= 0.6 is 11.8 Å². The minimum absolute atomic E-state index is 0.287. The van der Waals surface area contributed by atoms with Gasteiger partial charge in [0, 0.05) is 18.0 Å². The summed E-state index contributed by atoms with van der Waals surface area (Å²) in [5.41, 5.74) is 6.96. The van der Waals surface area contributed by atoms with E-state index in [1.165, 1.54) is 7.11 Å². The Morgan fingerprint density at radius 3 is 2.77 bits per heavy atom. The molecule has 0 saturated carbocycles. The van der Waals surface area contributed by atoms with Crippen LogP contribution < -0.4 is 21.1 Å². The third kappa shape index (κ3) is 4.29. The van der Waals surface area contributed by atoms with Gasteiger partial charge in [-0.05, 0) is 12.5 Å². The lowest BCUT2D eigenvalue weighted by Gasteiger charge is -2.21. The number of nitrogens with one attached hydrogen (secondary N) is 2. The van der Waals surface area contributed by atoms with Crippen molar-refractivity contribution in [1.82, 2.24) is 10.6 Å². The summed E-state index contributed by atoms with van der Waals surface area (Å²) in [7, 11) is 1.52. The molecule has 2 unspecified atom stereocenters. The molecule has 8 heteroatoms. The molecule has 1 aliphatic heterocycles. The average Bonchev–Trinajstić information content (AvgIpc) is 2.98. The molecule has 138 valence electrons. The number of benzene rings is 1. The molecule has 1 aromatic rings. The second-order valence-electron chi connectivity index (χ2n) is 5.75. The second kappa shape index (κ2) is 9.15. The highest BCUT2D eigenvalue weighted by Crippen LogP contribution is 2.47. The van der Waals surface area contributed by atoms with Crippen LogP contribution in [0.4, 0.5) is 4.79 Å². The van der Waals surface area contributed by atoms with Gasteiger partial charge in [-0.15, -0.1) is 0 Å². The minimum Gasteiger partial charge on any atom is -0.496 e.